The number of halogens is 2. The average molecular weight is 366 g/mol. The Morgan fingerprint density at radius 3 is 2.81 bits per heavy atom. The third kappa shape index (κ3) is 3.35. The highest BCUT2D eigenvalue weighted by molar-refractivity contribution is 9.10. The zero-order valence-corrected chi connectivity index (χ0v) is 13.3. The Labute approximate surface area is 135 Å². The van der Waals surface area contributed by atoms with Gasteiger partial charge in [-0.25, -0.2) is 0 Å². The summed E-state index contributed by atoms with van der Waals surface area (Å²) in [5.74, 6) is 0.0535. The minimum atomic E-state index is -0.357. The number of methoxy groups -OCH3 is 1. The van der Waals surface area contributed by atoms with E-state index in [1.54, 1.807) is 36.4 Å². The van der Waals surface area contributed by atoms with Crippen LogP contribution < -0.4 is 10.1 Å². The highest BCUT2D eigenvalue weighted by atomic mass is 79.9. The van der Waals surface area contributed by atoms with Crippen molar-refractivity contribution in [3.63, 3.8) is 0 Å². The molecule has 0 heterocycles. The van der Waals surface area contributed by atoms with E-state index in [1.165, 1.54) is 7.11 Å². The number of amides is 1. The average Bonchev–Trinajstić information content (AvgIpc) is 2.50. The smallest absolute Gasteiger partial charge is 0.257 e. The van der Waals surface area contributed by atoms with E-state index >= 15 is 0 Å². The van der Waals surface area contributed by atoms with Crippen LogP contribution in [0.25, 0.3) is 0 Å². The molecular formula is C15H10BrClN2O2. The molecule has 0 fully saturated rings. The second-order valence-electron chi connectivity index (χ2n) is 4.08. The summed E-state index contributed by atoms with van der Waals surface area (Å²) in [7, 11) is 1.47. The van der Waals surface area contributed by atoms with E-state index in [9.17, 15) is 4.79 Å². The van der Waals surface area contributed by atoms with Gasteiger partial charge in [0.05, 0.1) is 35.0 Å². The first kappa shape index (κ1) is 15.4. The van der Waals surface area contributed by atoms with Gasteiger partial charge in [-0.3, -0.25) is 4.79 Å². The lowest BCUT2D eigenvalue weighted by Gasteiger charge is -2.11. The molecule has 2 aromatic rings. The van der Waals surface area contributed by atoms with Crippen LogP contribution in [0.5, 0.6) is 5.75 Å². The Kier molecular flexibility index (Phi) is 4.84. The number of nitrogens with zero attached hydrogens (tertiary/aromatic N) is 1. The van der Waals surface area contributed by atoms with Gasteiger partial charge in [0, 0.05) is 10.5 Å². The first-order chi connectivity index (χ1) is 10.1. The first-order valence-electron chi connectivity index (χ1n) is 5.90. The summed E-state index contributed by atoms with van der Waals surface area (Å²) >= 11 is 9.37. The minimum Gasteiger partial charge on any atom is -0.495 e. The van der Waals surface area contributed by atoms with Crippen LogP contribution in [0.15, 0.2) is 40.9 Å². The molecule has 0 bridgehead atoms. The topological polar surface area (TPSA) is 62.1 Å². The van der Waals surface area contributed by atoms with Crippen LogP contribution in [0.1, 0.15) is 15.9 Å². The van der Waals surface area contributed by atoms with Crippen LogP contribution in [-0.2, 0) is 0 Å². The molecule has 0 aliphatic carbocycles. The predicted molar refractivity (Wildman–Crippen MR) is 84.8 cm³/mol. The summed E-state index contributed by atoms with van der Waals surface area (Å²) in [4.78, 5) is 12.3. The molecule has 21 heavy (non-hydrogen) atoms. The molecular weight excluding hydrogens is 356 g/mol. The van der Waals surface area contributed by atoms with Gasteiger partial charge in [-0.05, 0) is 40.2 Å². The molecule has 6 heteroatoms. The Bertz CT molecular complexity index is 741. The molecule has 0 aromatic heterocycles. The number of hydrogen-bond acceptors (Lipinski definition) is 3. The Morgan fingerprint density at radius 2 is 2.14 bits per heavy atom. The van der Waals surface area contributed by atoms with Gasteiger partial charge < -0.3 is 10.1 Å². The number of hydrogen-bond donors (Lipinski definition) is 1. The van der Waals surface area contributed by atoms with Gasteiger partial charge in [-0.2, -0.15) is 5.26 Å². The molecule has 2 rings (SSSR count). The first-order valence-corrected chi connectivity index (χ1v) is 7.07. The summed E-state index contributed by atoms with van der Waals surface area (Å²) in [6, 6.07) is 11.9. The van der Waals surface area contributed by atoms with Crippen LogP contribution in [-0.4, -0.2) is 13.0 Å². The Morgan fingerprint density at radius 1 is 1.38 bits per heavy atom. The molecule has 0 unspecified atom stereocenters. The molecule has 0 spiro atoms. The van der Waals surface area contributed by atoms with E-state index in [-0.39, 0.29) is 5.91 Å². The van der Waals surface area contributed by atoms with Crippen molar-refractivity contribution in [2.75, 3.05) is 12.4 Å². The van der Waals surface area contributed by atoms with E-state index in [0.717, 1.165) is 0 Å². The minimum absolute atomic E-state index is 0.336. The number of carbonyl (C=O) groups excluding carboxylic acids is 1. The van der Waals surface area contributed by atoms with Crippen LogP contribution in [0, 0.1) is 11.3 Å². The Hall–Kier alpha value is -2.03. The van der Waals surface area contributed by atoms with Crippen molar-refractivity contribution in [1.82, 2.24) is 0 Å². The zero-order valence-electron chi connectivity index (χ0n) is 11.0. The maximum atomic E-state index is 12.3. The van der Waals surface area contributed by atoms with Crippen LogP contribution >= 0.6 is 27.5 Å². The number of anilines is 1. The summed E-state index contributed by atoms with van der Waals surface area (Å²) in [6.07, 6.45) is 0. The lowest BCUT2D eigenvalue weighted by atomic mass is 10.1. The molecule has 0 atom stereocenters. The van der Waals surface area contributed by atoms with Gasteiger partial charge in [-0.15, -0.1) is 0 Å². The molecule has 0 aliphatic rings. The monoisotopic (exact) mass is 364 g/mol. The third-order valence-electron chi connectivity index (χ3n) is 2.78. The number of ether oxygens (including phenoxy) is 1. The largest absolute Gasteiger partial charge is 0.495 e. The van der Waals surface area contributed by atoms with Crippen molar-refractivity contribution in [2.45, 2.75) is 0 Å². The molecule has 1 N–H and O–H groups in total. The fraction of sp³-hybridized carbons (Fsp3) is 0.0667. The van der Waals surface area contributed by atoms with Gasteiger partial charge in [0.25, 0.3) is 5.91 Å². The normalized spacial score (nSPS) is 9.81. The van der Waals surface area contributed by atoms with E-state index in [2.05, 4.69) is 21.2 Å². The number of carbonyl (C=O) groups is 1. The van der Waals surface area contributed by atoms with Gasteiger partial charge in [0.15, 0.2) is 0 Å². The van der Waals surface area contributed by atoms with E-state index < -0.39 is 0 Å². The lowest BCUT2D eigenvalue weighted by Crippen LogP contribution is -2.13. The summed E-state index contributed by atoms with van der Waals surface area (Å²) in [6.45, 7) is 0. The van der Waals surface area contributed by atoms with Crippen LogP contribution in [0.4, 0.5) is 5.69 Å². The number of nitriles is 1. The molecule has 0 saturated carbocycles. The lowest BCUT2D eigenvalue weighted by molar-refractivity contribution is 0.102. The van der Waals surface area contributed by atoms with Crippen molar-refractivity contribution in [3.05, 3.63) is 57.0 Å². The van der Waals surface area contributed by atoms with Crippen molar-refractivity contribution in [1.29, 1.82) is 5.26 Å². The number of benzene rings is 2. The molecule has 0 radical (unpaired) electrons. The van der Waals surface area contributed by atoms with Gasteiger partial charge in [0.1, 0.15) is 5.75 Å². The van der Waals surface area contributed by atoms with E-state index in [0.29, 0.717) is 32.1 Å². The highest BCUT2D eigenvalue weighted by Gasteiger charge is 2.14. The molecule has 106 valence electrons. The standard InChI is InChI=1S/C15H10BrClN2O2/c1-21-13-7-9(8-18)5-6-12(13)19-15(20)10-3-2-4-11(16)14(10)17/h2-7H,1H3,(H,19,20). The van der Waals surface area contributed by atoms with Crippen molar-refractivity contribution >= 4 is 39.1 Å². The van der Waals surface area contributed by atoms with E-state index in [1.807, 2.05) is 6.07 Å². The summed E-state index contributed by atoms with van der Waals surface area (Å²) < 4.78 is 5.81. The van der Waals surface area contributed by atoms with Gasteiger partial charge in [-0.1, -0.05) is 17.7 Å². The molecule has 0 aliphatic heterocycles. The highest BCUT2D eigenvalue weighted by Crippen LogP contribution is 2.29. The summed E-state index contributed by atoms with van der Waals surface area (Å²) in [5, 5.41) is 11.9. The predicted octanol–water partition coefficient (Wildman–Crippen LogP) is 4.24. The fourth-order valence-corrected chi connectivity index (χ4v) is 2.31. The van der Waals surface area contributed by atoms with Gasteiger partial charge >= 0.3 is 0 Å². The molecule has 2 aromatic carbocycles. The van der Waals surface area contributed by atoms with Gasteiger partial charge in [0.2, 0.25) is 0 Å². The van der Waals surface area contributed by atoms with E-state index in [4.69, 9.17) is 21.6 Å². The Balaban J connectivity index is 2.32. The second kappa shape index (κ2) is 6.61. The molecule has 4 nitrogen and oxygen atoms in total. The SMILES string of the molecule is COc1cc(C#N)ccc1NC(=O)c1cccc(Br)c1Cl. The summed E-state index contributed by atoms with van der Waals surface area (Å²) in [5.41, 5.74) is 1.26. The molecule has 1 amide bonds. The quantitative estimate of drug-likeness (QED) is 0.885. The fourth-order valence-electron chi connectivity index (χ4n) is 1.73. The second-order valence-corrected chi connectivity index (χ2v) is 5.31. The number of nitrogens with one attached hydrogen (secondary N) is 1. The van der Waals surface area contributed by atoms with Crippen molar-refractivity contribution in [2.24, 2.45) is 0 Å². The van der Waals surface area contributed by atoms with Crippen molar-refractivity contribution in [3.8, 4) is 11.8 Å². The number of rotatable bonds is 3. The van der Waals surface area contributed by atoms with Crippen LogP contribution in [0.3, 0.4) is 0 Å². The van der Waals surface area contributed by atoms with Crippen molar-refractivity contribution < 1.29 is 9.53 Å². The maximum Gasteiger partial charge on any atom is 0.257 e. The third-order valence-corrected chi connectivity index (χ3v) is 4.07. The zero-order chi connectivity index (χ0) is 15.4. The maximum absolute atomic E-state index is 12.3. The van der Waals surface area contributed by atoms with Crippen LogP contribution in [0.2, 0.25) is 5.02 Å². The molecule has 0 saturated heterocycles.